The number of anilines is 1. The van der Waals surface area contributed by atoms with Crippen molar-refractivity contribution in [3.05, 3.63) is 29.8 Å². The molecule has 5 nitrogen and oxygen atoms in total. The predicted molar refractivity (Wildman–Crippen MR) is 77.8 cm³/mol. The smallest absolute Gasteiger partial charge is 0.264 e. The summed E-state index contributed by atoms with van der Waals surface area (Å²) >= 11 is 1.43. The van der Waals surface area contributed by atoms with Gasteiger partial charge >= 0.3 is 0 Å². The molecule has 110 valence electrons. The van der Waals surface area contributed by atoms with Crippen LogP contribution in [0.1, 0.15) is 13.3 Å². The number of alkyl halides is 1. The van der Waals surface area contributed by atoms with Crippen LogP contribution in [0.2, 0.25) is 0 Å². The van der Waals surface area contributed by atoms with E-state index in [1.54, 1.807) is 24.6 Å². The fraction of sp³-hybridized carbons (Fsp3) is 0.357. The van der Waals surface area contributed by atoms with Crippen LogP contribution in [-0.4, -0.2) is 34.5 Å². The summed E-state index contributed by atoms with van der Waals surface area (Å²) in [6, 6.07) is 7.07. The van der Waals surface area contributed by atoms with Gasteiger partial charge in [0, 0.05) is 17.7 Å². The zero-order valence-electron chi connectivity index (χ0n) is 11.4. The Balaban J connectivity index is 1.72. The van der Waals surface area contributed by atoms with E-state index in [4.69, 9.17) is 4.74 Å². The van der Waals surface area contributed by atoms with Crippen LogP contribution in [0.5, 0.6) is 0 Å². The summed E-state index contributed by atoms with van der Waals surface area (Å²) < 4.78 is 19.7. The van der Waals surface area contributed by atoms with Gasteiger partial charge in [0.05, 0.1) is 12.7 Å². The molecule has 2 unspecified atom stereocenters. The van der Waals surface area contributed by atoms with Gasteiger partial charge in [-0.1, -0.05) is 11.3 Å². The predicted octanol–water partition coefficient (Wildman–Crippen LogP) is 2.66. The van der Waals surface area contributed by atoms with Crippen molar-refractivity contribution in [3.8, 4) is 10.6 Å². The first-order valence-electron chi connectivity index (χ1n) is 6.58. The minimum absolute atomic E-state index is 0.0862. The zero-order valence-corrected chi connectivity index (χ0v) is 12.2. The Labute approximate surface area is 125 Å². The lowest BCUT2D eigenvalue weighted by molar-refractivity contribution is -0.130. The topological polar surface area (TPSA) is 64.1 Å². The van der Waals surface area contributed by atoms with E-state index in [1.165, 1.54) is 11.3 Å². The van der Waals surface area contributed by atoms with Crippen LogP contribution in [0, 0.1) is 0 Å². The first-order chi connectivity index (χ1) is 10.1. The highest BCUT2D eigenvalue weighted by Gasteiger charge is 2.48. The lowest BCUT2D eigenvalue weighted by Crippen LogP contribution is -2.44. The molecule has 1 saturated heterocycles. The third-order valence-electron chi connectivity index (χ3n) is 3.61. The Morgan fingerprint density at radius 1 is 1.48 bits per heavy atom. The van der Waals surface area contributed by atoms with Crippen molar-refractivity contribution in [2.75, 3.05) is 11.9 Å². The van der Waals surface area contributed by atoms with E-state index >= 15 is 0 Å². The number of carbonyl (C=O) groups is 1. The van der Waals surface area contributed by atoms with Crippen molar-refractivity contribution in [3.63, 3.8) is 0 Å². The number of halogens is 1. The molecule has 21 heavy (non-hydrogen) atoms. The second-order valence-corrected chi connectivity index (χ2v) is 5.73. The number of ether oxygens (including phenoxy) is 1. The minimum atomic E-state index is -1.96. The van der Waals surface area contributed by atoms with Crippen molar-refractivity contribution in [1.29, 1.82) is 0 Å². The third kappa shape index (κ3) is 2.66. The third-order valence-corrected chi connectivity index (χ3v) is 4.35. The molecule has 0 spiro atoms. The largest absolute Gasteiger partial charge is 0.374 e. The Morgan fingerprint density at radius 2 is 2.24 bits per heavy atom. The molecule has 3 rings (SSSR count). The summed E-state index contributed by atoms with van der Waals surface area (Å²) in [5.74, 6) is -0.656. The van der Waals surface area contributed by atoms with Gasteiger partial charge in [-0.25, -0.2) is 4.39 Å². The summed E-state index contributed by atoms with van der Waals surface area (Å²) in [7, 11) is 0. The Kier molecular flexibility index (Phi) is 3.69. The number of rotatable bonds is 3. The summed E-state index contributed by atoms with van der Waals surface area (Å²) in [6.45, 7) is 1.84. The van der Waals surface area contributed by atoms with Crippen LogP contribution in [-0.2, 0) is 9.53 Å². The Hall–Kier alpha value is -1.86. The normalized spacial score (nSPS) is 25.0. The molecule has 7 heteroatoms. The molecule has 2 aromatic rings. The van der Waals surface area contributed by atoms with Crippen molar-refractivity contribution in [2.45, 2.75) is 25.1 Å². The first kappa shape index (κ1) is 14.1. The number of amides is 1. The highest BCUT2D eigenvalue weighted by molar-refractivity contribution is 7.12. The second kappa shape index (κ2) is 5.50. The molecule has 1 aromatic carbocycles. The minimum Gasteiger partial charge on any atom is -0.374 e. The van der Waals surface area contributed by atoms with E-state index in [2.05, 4.69) is 15.5 Å². The van der Waals surface area contributed by atoms with Gasteiger partial charge in [-0.3, -0.25) is 4.79 Å². The van der Waals surface area contributed by atoms with Crippen molar-refractivity contribution < 1.29 is 13.9 Å². The van der Waals surface area contributed by atoms with Gasteiger partial charge in [-0.05, 0) is 31.2 Å². The van der Waals surface area contributed by atoms with Crippen LogP contribution in [0.4, 0.5) is 10.1 Å². The summed E-state index contributed by atoms with van der Waals surface area (Å²) in [6.07, 6.45) is -0.638. The van der Waals surface area contributed by atoms with Crippen molar-refractivity contribution in [2.24, 2.45) is 0 Å². The standard InChI is InChI=1S/C14H14FN3O2S/c1-9-14(15,6-7-20-9)13(19)17-11-4-2-10(3-5-11)12-18-16-8-21-12/h2-5,8-9H,6-7H2,1H3,(H,17,19). The second-order valence-electron chi connectivity index (χ2n) is 4.90. The Bertz CT molecular complexity index is 632. The van der Waals surface area contributed by atoms with Crippen molar-refractivity contribution >= 4 is 22.9 Å². The molecule has 1 N–H and O–H groups in total. The highest BCUT2D eigenvalue weighted by Crippen LogP contribution is 2.31. The molecule has 1 amide bonds. The number of nitrogens with one attached hydrogen (secondary N) is 1. The zero-order chi connectivity index (χ0) is 14.9. The molecule has 1 aromatic heterocycles. The van der Waals surface area contributed by atoms with Gasteiger partial charge in [0.1, 0.15) is 10.5 Å². The SMILES string of the molecule is CC1OCCC1(F)C(=O)Nc1ccc(-c2nncs2)cc1. The molecule has 0 saturated carbocycles. The highest BCUT2D eigenvalue weighted by atomic mass is 32.1. The molecule has 1 aliphatic heterocycles. The quantitative estimate of drug-likeness (QED) is 0.947. The Morgan fingerprint density at radius 3 is 2.81 bits per heavy atom. The van der Waals surface area contributed by atoms with Gasteiger partial charge in [0.25, 0.3) is 5.91 Å². The average molecular weight is 307 g/mol. The fourth-order valence-corrected chi connectivity index (χ4v) is 2.81. The first-order valence-corrected chi connectivity index (χ1v) is 7.46. The molecule has 2 atom stereocenters. The van der Waals surface area contributed by atoms with E-state index in [1.807, 2.05) is 12.1 Å². The molecule has 1 aliphatic rings. The molecule has 2 heterocycles. The average Bonchev–Trinajstić information content (AvgIpc) is 3.12. The summed E-state index contributed by atoms with van der Waals surface area (Å²) in [5, 5.41) is 11.1. The maximum absolute atomic E-state index is 14.5. The molecule has 0 aliphatic carbocycles. The fourth-order valence-electron chi connectivity index (χ4n) is 2.25. The van der Waals surface area contributed by atoms with E-state index in [-0.39, 0.29) is 13.0 Å². The molecular formula is C14H14FN3O2S. The lowest BCUT2D eigenvalue weighted by atomic mass is 9.97. The van der Waals surface area contributed by atoms with E-state index in [9.17, 15) is 9.18 Å². The van der Waals surface area contributed by atoms with Gasteiger partial charge in [0.15, 0.2) is 0 Å². The number of hydrogen-bond donors (Lipinski definition) is 1. The summed E-state index contributed by atoms with van der Waals surface area (Å²) in [5.41, 5.74) is 1.14. The maximum Gasteiger partial charge on any atom is 0.264 e. The number of nitrogens with zero attached hydrogens (tertiary/aromatic N) is 2. The van der Waals surface area contributed by atoms with Crippen LogP contribution in [0.15, 0.2) is 29.8 Å². The number of benzene rings is 1. The summed E-state index contributed by atoms with van der Waals surface area (Å²) in [4.78, 5) is 12.1. The van der Waals surface area contributed by atoms with Gasteiger partial charge in [0.2, 0.25) is 5.67 Å². The van der Waals surface area contributed by atoms with Crippen molar-refractivity contribution in [1.82, 2.24) is 10.2 Å². The number of hydrogen-bond acceptors (Lipinski definition) is 5. The van der Waals surface area contributed by atoms with Gasteiger partial charge < -0.3 is 10.1 Å². The van der Waals surface area contributed by atoms with Crippen LogP contribution in [0.25, 0.3) is 10.6 Å². The van der Waals surface area contributed by atoms with Crippen LogP contribution < -0.4 is 5.32 Å². The number of aromatic nitrogens is 2. The van der Waals surface area contributed by atoms with E-state index in [0.717, 1.165) is 10.6 Å². The monoisotopic (exact) mass is 307 g/mol. The van der Waals surface area contributed by atoms with Gasteiger partial charge in [-0.2, -0.15) is 0 Å². The number of carbonyl (C=O) groups excluding carboxylic acids is 1. The maximum atomic E-state index is 14.5. The van der Waals surface area contributed by atoms with Crippen LogP contribution >= 0.6 is 11.3 Å². The van der Waals surface area contributed by atoms with E-state index in [0.29, 0.717) is 5.69 Å². The molecular weight excluding hydrogens is 293 g/mol. The lowest BCUT2D eigenvalue weighted by Gasteiger charge is -2.21. The molecule has 0 bridgehead atoms. The molecule has 1 fully saturated rings. The van der Waals surface area contributed by atoms with Crippen LogP contribution in [0.3, 0.4) is 0 Å². The molecule has 0 radical (unpaired) electrons. The van der Waals surface area contributed by atoms with Gasteiger partial charge in [-0.15, -0.1) is 10.2 Å². The van der Waals surface area contributed by atoms with E-state index < -0.39 is 17.7 Å².